The third kappa shape index (κ3) is 4.87. The number of carbonyl (C=O) groups is 1. The summed E-state index contributed by atoms with van der Waals surface area (Å²) in [6.45, 7) is 0. The number of amides is 1. The topological polar surface area (TPSA) is 115 Å². The summed E-state index contributed by atoms with van der Waals surface area (Å²) in [7, 11) is 0. The molecule has 12 heteroatoms. The molecule has 0 spiro atoms. The van der Waals surface area contributed by atoms with Gasteiger partial charge in [-0.3, -0.25) is 9.59 Å². The van der Waals surface area contributed by atoms with E-state index in [-0.39, 0.29) is 22.2 Å². The van der Waals surface area contributed by atoms with Crippen LogP contribution in [-0.4, -0.2) is 15.9 Å². The van der Waals surface area contributed by atoms with Gasteiger partial charge in [-0.1, -0.05) is 31.9 Å². The van der Waals surface area contributed by atoms with Crippen LogP contribution in [0.4, 0.5) is 23.2 Å². The second-order valence-corrected chi connectivity index (χ2v) is 7.08. The van der Waals surface area contributed by atoms with Crippen LogP contribution in [0, 0.1) is 11.6 Å². The van der Waals surface area contributed by atoms with Crippen LogP contribution in [0.3, 0.4) is 0 Å². The van der Waals surface area contributed by atoms with Gasteiger partial charge in [0, 0.05) is 8.95 Å². The van der Waals surface area contributed by atoms with E-state index in [1.54, 1.807) is 0 Å². The molecule has 1 heterocycles. The second-order valence-electron chi connectivity index (χ2n) is 5.25. The van der Waals surface area contributed by atoms with Gasteiger partial charge in [0.15, 0.2) is 11.6 Å². The van der Waals surface area contributed by atoms with E-state index >= 15 is 0 Å². The van der Waals surface area contributed by atoms with E-state index in [9.17, 15) is 27.2 Å². The summed E-state index contributed by atoms with van der Waals surface area (Å²) in [5, 5.41) is -0.0729. The van der Waals surface area contributed by atoms with Gasteiger partial charge in [-0.25, -0.2) is 22.5 Å². The maximum Gasteiger partial charge on any atom is 0.295 e. The lowest BCUT2D eigenvalue weighted by Gasteiger charge is -2.03. The van der Waals surface area contributed by atoms with Crippen LogP contribution < -0.4 is 17.0 Å². The highest BCUT2D eigenvalue weighted by Crippen LogP contribution is 2.22. The van der Waals surface area contributed by atoms with Gasteiger partial charge in [0.1, 0.15) is 11.3 Å². The van der Waals surface area contributed by atoms with Crippen molar-refractivity contribution in [2.45, 2.75) is 6.43 Å². The molecule has 0 fully saturated rings. The summed E-state index contributed by atoms with van der Waals surface area (Å²) in [5.74, 6) is -3.05. The van der Waals surface area contributed by atoms with Crippen molar-refractivity contribution in [3.05, 3.63) is 66.6 Å². The molecule has 0 aliphatic rings. The van der Waals surface area contributed by atoms with Crippen LogP contribution in [0.5, 0.6) is 0 Å². The predicted molar refractivity (Wildman–Crippen MR) is 102 cm³/mol. The van der Waals surface area contributed by atoms with Crippen LogP contribution in [0.15, 0.2) is 38.0 Å². The number of H-pyrrole nitrogens is 1. The van der Waals surface area contributed by atoms with E-state index in [2.05, 4.69) is 36.8 Å². The smallest absolute Gasteiger partial charge is 0.295 e. The molecule has 5 N–H and O–H groups in total. The zero-order chi connectivity index (χ0) is 21.2. The van der Waals surface area contributed by atoms with E-state index < -0.39 is 35.4 Å². The first-order valence-electron chi connectivity index (χ1n) is 7.22. The predicted octanol–water partition coefficient (Wildman–Crippen LogP) is 4.03. The van der Waals surface area contributed by atoms with Gasteiger partial charge in [-0.15, -0.1) is 0 Å². The van der Waals surface area contributed by atoms with Crippen molar-refractivity contribution in [2.24, 2.45) is 5.73 Å². The average Bonchev–Trinajstić information content (AvgIpc) is 2.59. The Morgan fingerprint density at radius 3 is 2.21 bits per heavy atom. The number of aromatic nitrogens is 2. The molecule has 2 aromatic carbocycles. The normalized spacial score (nSPS) is 10.7. The average molecular weight is 526 g/mol. The Bertz CT molecular complexity index is 1120. The number of nitrogens with one attached hydrogen (secondary N) is 1. The fourth-order valence-electron chi connectivity index (χ4n) is 2.08. The fraction of sp³-hybridized carbons (Fsp3) is 0.0625. The second kappa shape index (κ2) is 8.69. The van der Waals surface area contributed by atoms with Crippen LogP contribution >= 0.6 is 31.9 Å². The third-order valence-corrected chi connectivity index (χ3v) is 4.23. The Labute approximate surface area is 171 Å². The molecule has 3 rings (SSSR count). The van der Waals surface area contributed by atoms with Gasteiger partial charge in [0.2, 0.25) is 0 Å². The molecule has 148 valence electrons. The van der Waals surface area contributed by atoms with Crippen LogP contribution in [-0.2, 0) is 0 Å². The van der Waals surface area contributed by atoms with Crippen molar-refractivity contribution >= 4 is 54.4 Å². The monoisotopic (exact) mass is 524 g/mol. The van der Waals surface area contributed by atoms with E-state index in [4.69, 9.17) is 11.5 Å². The molecule has 6 nitrogen and oxygen atoms in total. The van der Waals surface area contributed by atoms with Crippen LogP contribution in [0.25, 0.3) is 10.9 Å². The zero-order valence-corrected chi connectivity index (χ0v) is 16.7. The minimum absolute atomic E-state index is 0.0122. The molecule has 3 aromatic rings. The molecule has 0 unspecified atom stereocenters. The molecular formula is C16H10Br2F4N4O2. The molecule has 0 aliphatic heterocycles. The highest BCUT2D eigenvalue weighted by Gasteiger charge is 2.15. The quantitative estimate of drug-likeness (QED) is 0.346. The van der Waals surface area contributed by atoms with Gasteiger partial charge in [-0.05, 0) is 24.3 Å². The molecule has 0 atom stereocenters. The van der Waals surface area contributed by atoms with Crippen molar-refractivity contribution in [2.75, 3.05) is 5.73 Å². The largest absolute Gasteiger partial charge is 0.396 e. The lowest BCUT2D eigenvalue weighted by Crippen LogP contribution is -2.14. The minimum Gasteiger partial charge on any atom is -0.396 e. The summed E-state index contributed by atoms with van der Waals surface area (Å²) in [4.78, 5) is 27.3. The molecule has 1 amide bonds. The lowest BCUT2D eigenvalue weighted by molar-refractivity contribution is 0.100. The number of hydrogen-bond donors (Lipinski definition) is 3. The van der Waals surface area contributed by atoms with E-state index in [0.29, 0.717) is 8.95 Å². The number of nitrogens with two attached hydrogens (primary N) is 2. The minimum atomic E-state index is -2.94. The molecule has 0 saturated carbocycles. The third-order valence-electron chi connectivity index (χ3n) is 3.31. The maximum absolute atomic E-state index is 13.4. The Morgan fingerprint density at radius 1 is 1.07 bits per heavy atom. The lowest BCUT2D eigenvalue weighted by atomic mass is 10.1. The van der Waals surface area contributed by atoms with Gasteiger partial charge >= 0.3 is 0 Å². The fourth-order valence-corrected chi connectivity index (χ4v) is 2.94. The summed E-state index contributed by atoms with van der Waals surface area (Å²) < 4.78 is 51.6. The van der Waals surface area contributed by atoms with Gasteiger partial charge < -0.3 is 16.5 Å². The molecule has 1 aromatic heterocycles. The highest BCUT2D eigenvalue weighted by atomic mass is 79.9. The molecule has 0 aliphatic carbocycles. The molecule has 28 heavy (non-hydrogen) atoms. The summed E-state index contributed by atoms with van der Waals surface area (Å²) in [5.41, 5.74) is 8.82. The number of nitrogen functional groups attached to an aromatic ring is 1. The molecule has 0 saturated heterocycles. The number of hydrogen-bond acceptors (Lipinski definition) is 4. The number of aromatic amines is 1. The van der Waals surface area contributed by atoms with Crippen LogP contribution in [0.1, 0.15) is 22.6 Å². The summed E-state index contributed by atoms with van der Waals surface area (Å²) >= 11 is 6.01. The Kier molecular flexibility index (Phi) is 6.77. The standard InChI is InChI=1S/C9H4BrF3N2O.C7H6BrFN2O/c10-3-1-4-6(5(11)2-3)14-8(7(12)13)15-9(4)16;8-3-1-4(7(11)12)6(10)5(9)2-3/h1-2,7H,(H,14,15,16);1-2H,10H2,(H2,11,12). The number of anilines is 1. The first-order chi connectivity index (χ1) is 13.0. The Hall–Kier alpha value is -2.47. The van der Waals surface area contributed by atoms with E-state index in [0.717, 1.165) is 6.07 Å². The van der Waals surface area contributed by atoms with Gasteiger partial charge in [0.25, 0.3) is 17.9 Å². The van der Waals surface area contributed by atoms with Crippen molar-refractivity contribution in [1.29, 1.82) is 0 Å². The number of alkyl halides is 2. The number of rotatable bonds is 2. The number of fused-ring (bicyclic) bond motifs is 1. The Morgan fingerprint density at radius 2 is 1.64 bits per heavy atom. The number of nitrogens with zero attached hydrogens (tertiary/aromatic N) is 1. The molecule has 0 radical (unpaired) electrons. The van der Waals surface area contributed by atoms with Crippen molar-refractivity contribution in [1.82, 2.24) is 9.97 Å². The van der Waals surface area contributed by atoms with Crippen molar-refractivity contribution in [3.63, 3.8) is 0 Å². The van der Waals surface area contributed by atoms with E-state index in [1.165, 1.54) is 18.2 Å². The number of primary amides is 1. The first-order valence-corrected chi connectivity index (χ1v) is 8.81. The SMILES string of the molecule is NC(=O)c1cc(Br)cc(F)c1N.O=c1[nH]c(C(F)F)nc2c(F)cc(Br)cc12. The van der Waals surface area contributed by atoms with Gasteiger partial charge in [-0.2, -0.15) is 0 Å². The van der Waals surface area contributed by atoms with Crippen molar-refractivity contribution < 1.29 is 22.4 Å². The summed E-state index contributed by atoms with van der Waals surface area (Å²) in [6.07, 6.45) is -2.94. The van der Waals surface area contributed by atoms with Crippen molar-refractivity contribution in [3.8, 4) is 0 Å². The first kappa shape index (κ1) is 21.8. The van der Waals surface area contributed by atoms with Gasteiger partial charge in [0.05, 0.1) is 16.6 Å². The van der Waals surface area contributed by atoms with Crippen LogP contribution in [0.2, 0.25) is 0 Å². The number of carbonyl (C=O) groups excluding carboxylic acids is 1. The molecule has 0 bridgehead atoms. The van der Waals surface area contributed by atoms with E-state index in [1.807, 2.05) is 4.98 Å². The number of benzene rings is 2. The zero-order valence-electron chi connectivity index (χ0n) is 13.6. The molecular weight excluding hydrogens is 516 g/mol. The Balaban J connectivity index is 0.000000209. The maximum atomic E-state index is 13.4. The highest BCUT2D eigenvalue weighted by molar-refractivity contribution is 9.10. The summed E-state index contributed by atoms with van der Waals surface area (Å²) in [6, 6.07) is 4.92. The number of halogens is 6.